The number of nitrogens with two attached hydrogens (primary N) is 1. The molecular formula is C8H16N2S. The van der Waals surface area contributed by atoms with Gasteiger partial charge in [0.05, 0.1) is 4.75 Å². The van der Waals surface area contributed by atoms with Crippen molar-refractivity contribution in [3.63, 3.8) is 0 Å². The van der Waals surface area contributed by atoms with Gasteiger partial charge in [0.25, 0.3) is 0 Å². The second kappa shape index (κ2) is 3.50. The third-order valence-electron chi connectivity index (χ3n) is 2.07. The van der Waals surface area contributed by atoms with Crippen LogP contribution in [0.4, 0.5) is 0 Å². The maximum Gasteiger partial charge on any atom is 0.0692 e. The van der Waals surface area contributed by atoms with Crippen molar-refractivity contribution in [2.45, 2.75) is 30.9 Å². The lowest BCUT2D eigenvalue weighted by Crippen LogP contribution is -2.24. The zero-order valence-corrected chi connectivity index (χ0v) is 7.84. The first kappa shape index (κ1) is 8.94. The Morgan fingerprint density at radius 1 is 1.73 bits per heavy atom. The molecule has 11 heavy (non-hydrogen) atoms. The number of nitrogens with one attached hydrogen (secondary N) is 1. The predicted octanol–water partition coefficient (Wildman–Crippen LogP) is 1.64. The van der Waals surface area contributed by atoms with Gasteiger partial charge in [0, 0.05) is 12.2 Å². The standard InChI is InChI=1S/C8H16N2S/c1-3-6-10-7(2)8(11-9)4-5-8/h10H,2-6,9H2,1H3. The lowest BCUT2D eigenvalue weighted by molar-refractivity contribution is 0.738. The van der Waals surface area contributed by atoms with Crippen LogP contribution < -0.4 is 10.5 Å². The molecule has 0 heterocycles. The summed E-state index contributed by atoms with van der Waals surface area (Å²) in [6.07, 6.45) is 3.51. The molecule has 0 aromatic heterocycles. The van der Waals surface area contributed by atoms with Gasteiger partial charge in [0.2, 0.25) is 0 Å². The van der Waals surface area contributed by atoms with Crippen LogP contribution in [0.25, 0.3) is 0 Å². The first-order valence-corrected chi connectivity index (χ1v) is 4.94. The highest BCUT2D eigenvalue weighted by atomic mass is 32.2. The van der Waals surface area contributed by atoms with E-state index in [0.29, 0.717) is 0 Å². The molecule has 0 aromatic rings. The minimum atomic E-state index is 0.190. The fourth-order valence-corrected chi connectivity index (χ4v) is 1.59. The van der Waals surface area contributed by atoms with Crippen LogP contribution in [0.5, 0.6) is 0 Å². The highest BCUT2D eigenvalue weighted by molar-refractivity contribution is 7.99. The molecule has 0 atom stereocenters. The molecule has 64 valence electrons. The topological polar surface area (TPSA) is 38.0 Å². The van der Waals surface area contributed by atoms with Crippen LogP contribution in [0.1, 0.15) is 26.2 Å². The molecule has 1 fully saturated rings. The molecule has 0 aliphatic heterocycles. The first-order chi connectivity index (χ1) is 5.25. The Morgan fingerprint density at radius 3 is 2.73 bits per heavy atom. The largest absolute Gasteiger partial charge is 0.388 e. The van der Waals surface area contributed by atoms with Crippen molar-refractivity contribution >= 4 is 11.9 Å². The number of rotatable bonds is 5. The maximum absolute atomic E-state index is 5.56. The Morgan fingerprint density at radius 2 is 2.36 bits per heavy atom. The Balaban J connectivity index is 2.29. The smallest absolute Gasteiger partial charge is 0.0692 e. The minimum absolute atomic E-state index is 0.190. The lowest BCUT2D eigenvalue weighted by Gasteiger charge is -2.16. The maximum atomic E-state index is 5.56. The SMILES string of the molecule is C=C(NCCC)C1(SN)CC1. The summed E-state index contributed by atoms with van der Waals surface area (Å²) in [6, 6.07) is 0. The molecule has 3 N–H and O–H groups in total. The van der Waals surface area contributed by atoms with Gasteiger partial charge < -0.3 is 5.32 Å². The molecule has 2 nitrogen and oxygen atoms in total. The fraction of sp³-hybridized carbons (Fsp3) is 0.750. The van der Waals surface area contributed by atoms with Crippen molar-refractivity contribution in [1.82, 2.24) is 5.32 Å². The summed E-state index contributed by atoms with van der Waals surface area (Å²) in [5, 5.41) is 8.85. The van der Waals surface area contributed by atoms with Crippen LogP contribution in [-0.2, 0) is 0 Å². The molecule has 0 amide bonds. The Kier molecular flexibility index (Phi) is 2.84. The summed E-state index contributed by atoms with van der Waals surface area (Å²) < 4.78 is 0.190. The van der Waals surface area contributed by atoms with Crippen LogP contribution >= 0.6 is 11.9 Å². The molecule has 1 aliphatic rings. The molecular weight excluding hydrogens is 156 g/mol. The van der Waals surface area contributed by atoms with Crippen molar-refractivity contribution in [2.75, 3.05) is 6.54 Å². The minimum Gasteiger partial charge on any atom is -0.388 e. The van der Waals surface area contributed by atoms with E-state index < -0.39 is 0 Å². The van der Waals surface area contributed by atoms with Gasteiger partial charge in [0.1, 0.15) is 0 Å². The first-order valence-electron chi connectivity index (χ1n) is 4.06. The monoisotopic (exact) mass is 172 g/mol. The van der Waals surface area contributed by atoms with E-state index in [1.54, 1.807) is 0 Å². The fourth-order valence-electron chi connectivity index (χ4n) is 1.04. The molecule has 3 heteroatoms. The van der Waals surface area contributed by atoms with E-state index in [-0.39, 0.29) is 4.75 Å². The summed E-state index contributed by atoms with van der Waals surface area (Å²) in [5.74, 6) is 0. The van der Waals surface area contributed by atoms with Crippen LogP contribution in [0, 0.1) is 0 Å². The lowest BCUT2D eigenvalue weighted by atomic mass is 10.3. The Hall–Kier alpha value is -0.150. The summed E-state index contributed by atoms with van der Waals surface area (Å²) in [6.45, 7) is 7.15. The van der Waals surface area contributed by atoms with Crippen LogP contribution in [-0.4, -0.2) is 11.3 Å². The van der Waals surface area contributed by atoms with Gasteiger partial charge in [-0.3, -0.25) is 5.14 Å². The van der Waals surface area contributed by atoms with E-state index in [9.17, 15) is 0 Å². The summed E-state index contributed by atoms with van der Waals surface area (Å²) in [4.78, 5) is 0. The van der Waals surface area contributed by atoms with Crippen LogP contribution in [0.3, 0.4) is 0 Å². The van der Waals surface area contributed by atoms with Crippen LogP contribution in [0.15, 0.2) is 12.3 Å². The van der Waals surface area contributed by atoms with Gasteiger partial charge in [-0.25, -0.2) is 0 Å². The van der Waals surface area contributed by atoms with Crippen molar-refractivity contribution in [3.05, 3.63) is 12.3 Å². The average Bonchev–Trinajstić information content (AvgIpc) is 2.80. The molecule has 0 aromatic carbocycles. The van der Waals surface area contributed by atoms with E-state index in [4.69, 9.17) is 5.14 Å². The molecule has 1 rings (SSSR count). The van der Waals surface area contributed by atoms with E-state index in [2.05, 4.69) is 18.8 Å². The normalized spacial score (nSPS) is 19.5. The second-order valence-corrected chi connectivity index (χ2v) is 4.03. The predicted molar refractivity (Wildman–Crippen MR) is 51.2 cm³/mol. The van der Waals surface area contributed by atoms with E-state index >= 15 is 0 Å². The van der Waals surface area contributed by atoms with Crippen molar-refractivity contribution < 1.29 is 0 Å². The summed E-state index contributed by atoms with van der Waals surface area (Å²) in [7, 11) is 0. The number of hydrogen-bond donors (Lipinski definition) is 2. The van der Waals surface area contributed by atoms with Gasteiger partial charge in [-0.2, -0.15) is 0 Å². The molecule has 0 unspecified atom stereocenters. The Bertz CT molecular complexity index is 152. The van der Waals surface area contributed by atoms with E-state index in [1.807, 2.05) is 0 Å². The molecule has 0 bridgehead atoms. The highest BCUT2D eigenvalue weighted by Gasteiger charge is 2.45. The second-order valence-electron chi connectivity index (χ2n) is 3.02. The van der Waals surface area contributed by atoms with E-state index in [0.717, 1.165) is 18.7 Å². The van der Waals surface area contributed by atoms with Crippen molar-refractivity contribution in [2.24, 2.45) is 5.14 Å². The van der Waals surface area contributed by atoms with Gasteiger partial charge in [-0.15, -0.1) is 0 Å². The Labute approximate surface area is 72.7 Å². The molecule has 0 saturated heterocycles. The third kappa shape index (κ3) is 1.91. The molecule has 0 spiro atoms. The van der Waals surface area contributed by atoms with E-state index in [1.165, 1.54) is 24.8 Å². The van der Waals surface area contributed by atoms with Gasteiger partial charge in [-0.05, 0) is 19.3 Å². The van der Waals surface area contributed by atoms with Crippen molar-refractivity contribution in [1.29, 1.82) is 0 Å². The quantitative estimate of drug-likeness (QED) is 0.619. The third-order valence-corrected chi connectivity index (χ3v) is 3.17. The molecule has 1 aliphatic carbocycles. The van der Waals surface area contributed by atoms with Gasteiger partial charge in [-0.1, -0.05) is 25.5 Å². The molecule has 1 saturated carbocycles. The average molecular weight is 172 g/mol. The summed E-state index contributed by atoms with van der Waals surface area (Å²) >= 11 is 1.43. The zero-order valence-electron chi connectivity index (χ0n) is 7.02. The highest BCUT2D eigenvalue weighted by Crippen LogP contribution is 2.49. The van der Waals surface area contributed by atoms with Gasteiger partial charge >= 0.3 is 0 Å². The van der Waals surface area contributed by atoms with Crippen LogP contribution in [0.2, 0.25) is 0 Å². The zero-order chi connectivity index (χ0) is 8.32. The summed E-state index contributed by atoms with van der Waals surface area (Å²) in [5.41, 5.74) is 1.12. The number of hydrogen-bond acceptors (Lipinski definition) is 3. The van der Waals surface area contributed by atoms with Gasteiger partial charge in [0.15, 0.2) is 0 Å². The van der Waals surface area contributed by atoms with Crippen molar-refractivity contribution in [3.8, 4) is 0 Å². The molecule has 0 radical (unpaired) electrons.